The molecule has 0 radical (unpaired) electrons. The Labute approximate surface area is 226 Å². The lowest BCUT2D eigenvalue weighted by Crippen LogP contribution is -2.51. The predicted octanol–water partition coefficient (Wildman–Crippen LogP) is 4.67. The number of amides is 2. The van der Waals surface area contributed by atoms with Gasteiger partial charge >= 0.3 is 0 Å². The fraction of sp³-hybridized carbons (Fsp3) is 0.333. The van der Waals surface area contributed by atoms with Crippen LogP contribution in [0.2, 0.25) is 0 Å². The van der Waals surface area contributed by atoms with Gasteiger partial charge in [-0.3, -0.25) is 13.9 Å². The molecule has 1 atom stereocenters. The number of anilines is 1. The lowest BCUT2D eigenvalue weighted by Gasteiger charge is -2.32. The summed E-state index contributed by atoms with van der Waals surface area (Å²) >= 11 is 0. The molecular formula is C30H37N3O4S. The topological polar surface area (TPSA) is 86.8 Å². The Morgan fingerprint density at radius 2 is 1.39 bits per heavy atom. The lowest BCUT2D eigenvalue weighted by molar-refractivity contribution is -0.139. The third-order valence-electron chi connectivity index (χ3n) is 6.50. The van der Waals surface area contributed by atoms with E-state index in [1.54, 1.807) is 37.3 Å². The van der Waals surface area contributed by atoms with Crippen molar-refractivity contribution in [1.82, 2.24) is 10.2 Å². The molecule has 0 aliphatic rings. The van der Waals surface area contributed by atoms with Crippen LogP contribution in [0, 0.1) is 27.7 Å². The molecule has 38 heavy (non-hydrogen) atoms. The second kappa shape index (κ2) is 12.3. The van der Waals surface area contributed by atoms with Crippen LogP contribution in [0.5, 0.6) is 0 Å². The Morgan fingerprint density at radius 3 is 1.95 bits per heavy atom. The van der Waals surface area contributed by atoms with Gasteiger partial charge in [0.05, 0.1) is 10.6 Å². The van der Waals surface area contributed by atoms with Gasteiger partial charge in [0.25, 0.3) is 10.0 Å². The number of aryl methyl sites for hydroxylation is 4. The van der Waals surface area contributed by atoms with E-state index in [1.807, 2.05) is 71.0 Å². The number of rotatable bonds is 10. The third-order valence-corrected chi connectivity index (χ3v) is 8.27. The number of likely N-dealkylation sites (N-methyl/N-ethyl adjacent to an activating group) is 1. The molecule has 0 fully saturated rings. The number of nitrogens with zero attached hydrogens (tertiary/aromatic N) is 2. The molecule has 3 aromatic carbocycles. The zero-order chi connectivity index (χ0) is 28.0. The van der Waals surface area contributed by atoms with Gasteiger partial charge in [-0.1, -0.05) is 65.2 Å². The lowest BCUT2D eigenvalue weighted by atomic mass is 10.1. The van der Waals surface area contributed by atoms with Gasteiger partial charge in [0, 0.05) is 13.1 Å². The SMILES string of the molecule is CCNC(=O)[C@H](C)N(Cc1ccc(C)cc1)C(=O)CN(c1ccc(C)cc1C)S(=O)(=O)c1ccc(C)cc1. The molecule has 8 heteroatoms. The van der Waals surface area contributed by atoms with Crippen molar-refractivity contribution in [3.05, 3.63) is 94.5 Å². The highest BCUT2D eigenvalue weighted by Gasteiger charge is 2.33. The summed E-state index contributed by atoms with van der Waals surface area (Å²) in [6.45, 7) is 11.2. The minimum absolute atomic E-state index is 0.0951. The summed E-state index contributed by atoms with van der Waals surface area (Å²) in [5.41, 5.74) is 4.99. The summed E-state index contributed by atoms with van der Waals surface area (Å²) in [6.07, 6.45) is 0. The van der Waals surface area contributed by atoms with Crippen LogP contribution in [0.4, 0.5) is 5.69 Å². The van der Waals surface area contributed by atoms with E-state index < -0.39 is 28.5 Å². The highest BCUT2D eigenvalue weighted by molar-refractivity contribution is 7.92. The van der Waals surface area contributed by atoms with Crippen molar-refractivity contribution in [1.29, 1.82) is 0 Å². The Bertz CT molecular complexity index is 1380. The molecule has 0 aliphatic carbocycles. The van der Waals surface area contributed by atoms with E-state index in [2.05, 4.69) is 5.32 Å². The molecule has 0 heterocycles. The smallest absolute Gasteiger partial charge is 0.264 e. The molecule has 0 saturated carbocycles. The van der Waals surface area contributed by atoms with Crippen LogP contribution in [0.25, 0.3) is 0 Å². The maximum atomic E-state index is 13.9. The molecule has 0 unspecified atom stereocenters. The number of carbonyl (C=O) groups excluding carboxylic acids is 2. The number of hydrogen-bond acceptors (Lipinski definition) is 4. The second-order valence-corrected chi connectivity index (χ2v) is 11.6. The van der Waals surface area contributed by atoms with Crippen LogP contribution in [-0.2, 0) is 26.2 Å². The number of carbonyl (C=O) groups is 2. The summed E-state index contributed by atoms with van der Waals surface area (Å²) in [4.78, 5) is 28.2. The van der Waals surface area contributed by atoms with E-state index in [0.29, 0.717) is 12.2 Å². The molecule has 0 aliphatic heterocycles. The molecule has 3 aromatic rings. The molecule has 7 nitrogen and oxygen atoms in total. The van der Waals surface area contributed by atoms with Crippen LogP contribution in [-0.4, -0.2) is 44.3 Å². The predicted molar refractivity (Wildman–Crippen MR) is 152 cm³/mol. The van der Waals surface area contributed by atoms with Gasteiger partial charge in [0.15, 0.2) is 0 Å². The van der Waals surface area contributed by atoms with Crippen molar-refractivity contribution in [3.63, 3.8) is 0 Å². The molecule has 3 rings (SSSR count). The van der Waals surface area contributed by atoms with Crippen LogP contribution < -0.4 is 9.62 Å². The van der Waals surface area contributed by atoms with Crippen LogP contribution in [0.3, 0.4) is 0 Å². The highest BCUT2D eigenvalue weighted by Crippen LogP contribution is 2.28. The van der Waals surface area contributed by atoms with Gasteiger partial charge in [-0.15, -0.1) is 0 Å². The zero-order valence-corrected chi connectivity index (χ0v) is 23.8. The summed E-state index contributed by atoms with van der Waals surface area (Å²) < 4.78 is 29.0. The van der Waals surface area contributed by atoms with Gasteiger partial charge in [0.2, 0.25) is 11.8 Å². The fourth-order valence-corrected chi connectivity index (χ4v) is 5.71. The van der Waals surface area contributed by atoms with Gasteiger partial charge in [-0.05, 0) is 70.9 Å². The van der Waals surface area contributed by atoms with E-state index in [4.69, 9.17) is 0 Å². The Balaban J connectivity index is 2.06. The third kappa shape index (κ3) is 6.81. The first-order valence-electron chi connectivity index (χ1n) is 12.7. The van der Waals surface area contributed by atoms with E-state index in [9.17, 15) is 18.0 Å². The number of nitrogens with one attached hydrogen (secondary N) is 1. The second-order valence-electron chi connectivity index (χ2n) is 9.69. The summed E-state index contributed by atoms with van der Waals surface area (Å²) in [6, 6.07) is 18.9. The minimum atomic E-state index is -4.08. The Kier molecular flexibility index (Phi) is 9.33. The average molecular weight is 536 g/mol. The highest BCUT2D eigenvalue weighted by atomic mass is 32.2. The fourth-order valence-electron chi connectivity index (χ4n) is 4.23. The molecule has 202 valence electrons. The number of hydrogen-bond donors (Lipinski definition) is 1. The van der Waals surface area contributed by atoms with E-state index in [1.165, 1.54) is 4.90 Å². The van der Waals surface area contributed by atoms with Crippen LogP contribution >= 0.6 is 0 Å². The van der Waals surface area contributed by atoms with E-state index >= 15 is 0 Å². The van der Waals surface area contributed by atoms with Gasteiger partial charge < -0.3 is 10.2 Å². The first-order chi connectivity index (χ1) is 17.9. The van der Waals surface area contributed by atoms with Crippen molar-refractivity contribution in [2.75, 3.05) is 17.4 Å². The van der Waals surface area contributed by atoms with Crippen molar-refractivity contribution in [2.24, 2.45) is 0 Å². The van der Waals surface area contributed by atoms with Gasteiger partial charge in [-0.2, -0.15) is 0 Å². The molecule has 1 N–H and O–H groups in total. The van der Waals surface area contributed by atoms with Crippen LogP contribution in [0.15, 0.2) is 71.6 Å². The quantitative estimate of drug-likeness (QED) is 0.409. The average Bonchev–Trinajstić information content (AvgIpc) is 2.87. The first-order valence-corrected chi connectivity index (χ1v) is 14.2. The maximum absolute atomic E-state index is 13.9. The van der Waals surface area contributed by atoms with E-state index in [0.717, 1.165) is 32.1 Å². The molecule has 0 aromatic heterocycles. The number of sulfonamides is 1. The van der Waals surface area contributed by atoms with Gasteiger partial charge in [-0.25, -0.2) is 8.42 Å². The van der Waals surface area contributed by atoms with Crippen molar-refractivity contribution in [2.45, 2.75) is 59.0 Å². The zero-order valence-electron chi connectivity index (χ0n) is 23.0. The summed E-state index contributed by atoms with van der Waals surface area (Å²) in [5.74, 6) is -0.771. The summed E-state index contributed by atoms with van der Waals surface area (Å²) in [5, 5.41) is 2.77. The van der Waals surface area contributed by atoms with Gasteiger partial charge in [0.1, 0.15) is 12.6 Å². The molecular weight excluding hydrogens is 498 g/mol. The first kappa shape index (κ1) is 28.9. The van der Waals surface area contributed by atoms with Crippen molar-refractivity contribution in [3.8, 4) is 0 Å². The standard InChI is InChI=1S/C30H37N3O4S/c1-7-31-30(35)25(6)32(19-26-13-8-21(2)9-14-26)29(34)20-33(28-17-12-23(4)18-24(28)5)38(36,37)27-15-10-22(3)11-16-27/h8-18,25H,7,19-20H2,1-6H3,(H,31,35)/t25-/m0/s1. The molecule has 0 bridgehead atoms. The molecule has 0 saturated heterocycles. The summed E-state index contributed by atoms with van der Waals surface area (Å²) in [7, 11) is -4.08. The maximum Gasteiger partial charge on any atom is 0.264 e. The largest absolute Gasteiger partial charge is 0.355 e. The minimum Gasteiger partial charge on any atom is -0.355 e. The Hall–Kier alpha value is -3.65. The molecule has 0 spiro atoms. The Morgan fingerprint density at radius 1 is 0.842 bits per heavy atom. The monoisotopic (exact) mass is 535 g/mol. The van der Waals surface area contributed by atoms with Crippen molar-refractivity contribution >= 4 is 27.5 Å². The normalized spacial score (nSPS) is 12.1. The van der Waals surface area contributed by atoms with Crippen molar-refractivity contribution < 1.29 is 18.0 Å². The van der Waals surface area contributed by atoms with Crippen LogP contribution in [0.1, 0.15) is 41.7 Å². The van der Waals surface area contributed by atoms with E-state index in [-0.39, 0.29) is 17.3 Å². The number of benzene rings is 3. The molecule has 2 amide bonds.